The third-order valence-corrected chi connectivity index (χ3v) is 7.29. The smallest absolute Gasteiger partial charge is 0.251 e. The van der Waals surface area contributed by atoms with E-state index in [2.05, 4.69) is 29.0 Å². The number of ketones is 1. The molecule has 2 amide bonds. The maximum atomic E-state index is 13.4. The number of likely N-dealkylation sites (tertiary alicyclic amines) is 1. The monoisotopic (exact) mass is 486 g/mol. The summed E-state index contributed by atoms with van der Waals surface area (Å²) in [5.41, 5.74) is 1.56. The maximum absolute atomic E-state index is 13.4. The zero-order chi connectivity index (χ0) is 25.3. The van der Waals surface area contributed by atoms with Crippen LogP contribution in [-0.2, 0) is 14.3 Å². The van der Waals surface area contributed by atoms with Gasteiger partial charge < -0.3 is 25.0 Å². The van der Waals surface area contributed by atoms with Crippen molar-refractivity contribution in [1.29, 1.82) is 0 Å². The van der Waals surface area contributed by atoms with Crippen LogP contribution in [0.15, 0.2) is 24.3 Å². The van der Waals surface area contributed by atoms with Crippen molar-refractivity contribution in [1.82, 2.24) is 15.1 Å². The Morgan fingerprint density at radius 2 is 1.74 bits per heavy atom. The number of β-amino-alcohol motifs (C(OH)–C–C–N with tert-alkyl or cyclic N) is 1. The molecule has 3 aliphatic rings. The average Bonchev–Trinajstić information content (AvgIpc) is 3.38. The molecule has 2 N–H and O–H groups in total. The number of hydrogen-bond donors (Lipinski definition) is 2. The summed E-state index contributed by atoms with van der Waals surface area (Å²) in [7, 11) is 0. The molecule has 0 spiro atoms. The number of benzene rings is 1. The molecule has 3 saturated heterocycles. The number of Topliss-reactive ketones (excluding diaryl/α,β-unsaturated/α-hetero) is 1. The summed E-state index contributed by atoms with van der Waals surface area (Å²) in [6.45, 7) is 12.2. The molecule has 3 aliphatic heterocycles. The lowest BCUT2D eigenvalue weighted by atomic mass is 10.0. The van der Waals surface area contributed by atoms with Gasteiger partial charge in [-0.1, -0.05) is 13.8 Å². The standard InChI is InChI=1S/C26H38N4O5/c1-16(2)13-20(26(34)30-14-21(31)24-23(30)22(32)15-35-24)27-25(33)18-5-7-19(8-6-18)29-11-9-28(10-12-29)17(3)4/h5-8,16-17,20-21,23-24,31H,9-15H2,1-4H3,(H,27,33)/t20-,21+,23+,24+/m0/s1. The molecule has 3 heterocycles. The Morgan fingerprint density at radius 3 is 2.34 bits per heavy atom. The van der Waals surface area contributed by atoms with Crippen molar-refractivity contribution in [3.8, 4) is 0 Å². The Hall–Kier alpha value is -2.49. The van der Waals surface area contributed by atoms with Crippen molar-refractivity contribution in [3.05, 3.63) is 29.8 Å². The Kier molecular flexibility index (Phi) is 7.78. The number of aliphatic hydroxyl groups excluding tert-OH is 1. The van der Waals surface area contributed by atoms with E-state index in [1.54, 1.807) is 12.1 Å². The number of amides is 2. The van der Waals surface area contributed by atoms with E-state index < -0.39 is 24.3 Å². The highest BCUT2D eigenvalue weighted by molar-refractivity contribution is 5.99. The fraction of sp³-hybridized carbons (Fsp3) is 0.654. The molecule has 35 heavy (non-hydrogen) atoms. The van der Waals surface area contributed by atoms with E-state index in [0.29, 0.717) is 18.0 Å². The molecule has 0 saturated carbocycles. The highest BCUT2D eigenvalue weighted by Crippen LogP contribution is 2.29. The van der Waals surface area contributed by atoms with Crippen molar-refractivity contribution >= 4 is 23.3 Å². The van der Waals surface area contributed by atoms with Crippen LogP contribution >= 0.6 is 0 Å². The lowest BCUT2D eigenvalue weighted by Gasteiger charge is -2.38. The SMILES string of the molecule is CC(C)C[C@H](NC(=O)c1ccc(N2CCN(C(C)C)CC2)cc1)C(=O)N1C[C@@H](O)[C@H]2OCC(=O)[C@H]21. The molecule has 192 valence electrons. The minimum atomic E-state index is -0.902. The van der Waals surface area contributed by atoms with Gasteiger partial charge in [-0.3, -0.25) is 19.3 Å². The van der Waals surface area contributed by atoms with E-state index in [4.69, 9.17) is 4.74 Å². The van der Waals surface area contributed by atoms with Gasteiger partial charge in [-0.25, -0.2) is 0 Å². The maximum Gasteiger partial charge on any atom is 0.251 e. The van der Waals surface area contributed by atoms with Gasteiger partial charge >= 0.3 is 0 Å². The number of hydrogen-bond acceptors (Lipinski definition) is 7. The molecule has 0 bridgehead atoms. The first kappa shape index (κ1) is 25.6. The van der Waals surface area contributed by atoms with E-state index in [9.17, 15) is 19.5 Å². The third kappa shape index (κ3) is 5.52. The Labute approximate surface area is 207 Å². The number of ether oxygens (including phenoxy) is 1. The van der Waals surface area contributed by atoms with E-state index in [0.717, 1.165) is 31.9 Å². The topological polar surface area (TPSA) is 102 Å². The molecule has 9 nitrogen and oxygen atoms in total. The van der Waals surface area contributed by atoms with Crippen molar-refractivity contribution < 1.29 is 24.2 Å². The second kappa shape index (κ2) is 10.6. The zero-order valence-corrected chi connectivity index (χ0v) is 21.1. The van der Waals surface area contributed by atoms with E-state index in [1.807, 2.05) is 26.0 Å². The van der Waals surface area contributed by atoms with Gasteiger partial charge in [-0.2, -0.15) is 0 Å². The fourth-order valence-corrected chi connectivity index (χ4v) is 5.31. The lowest BCUT2D eigenvalue weighted by Crippen LogP contribution is -2.52. The van der Waals surface area contributed by atoms with Crippen molar-refractivity contribution in [2.24, 2.45) is 5.92 Å². The number of piperazine rings is 1. The molecule has 4 atom stereocenters. The Bertz CT molecular complexity index is 926. The van der Waals surface area contributed by atoms with Gasteiger partial charge in [0.1, 0.15) is 30.9 Å². The predicted molar refractivity (Wildman–Crippen MR) is 132 cm³/mol. The van der Waals surface area contributed by atoms with Gasteiger partial charge in [0.15, 0.2) is 5.78 Å². The van der Waals surface area contributed by atoms with Gasteiger partial charge in [-0.15, -0.1) is 0 Å². The number of nitrogens with zero attached hydrogens (tertiary/aromatic N) is 3. The van der Waals surface area contributed by atoms with Gasteiger partial charge in [0.2, 0.25) is 5.91 Å². The first-order chi connectivity index (χ1) is 16.7. The van der Waals surface area contributed by atoms with Crippen molar-refractivity contribution in [2.45, 2.75) is 64.4 Å². The fourth-order valence-electron chi connectivity index (χ4n) is 5.31. The van der Waals surface area contributed by atoms with Crippen LogP contribution in [0.1, 0.15) is 44.5 Å². The summed E-state index contributed by atoms with van der Waals surface area (Å²) in [6, 6.07) is 6.47. The first-order valence-electron chi connectivity index (χ1n) is 12.7. The number of carbonyl (C=O) groups is 3. The number of anilines is 1. The van der Waals surface area contributed by atoms with Crippen LogP contribution in [0.3, 0.4) is 0 Å². The van der Waals surface area contributed by atoms with Crippen LogP contribution in [-0.4, -0.2) is 102 Å². The van der Waals surface area contributed by atoms with E-state index in [-0.39, 0.29) is 36.7 Å². The van der Waals surface area contributed by atoms with Gasteiger partial charge in [0, 0.05) is 43.5 Å². The third-order valence-electron chi connectivity index (χ3n) is 7.29. The minimum absolute atomic E-state index is 0.0309. The Morgan fingerprint density at radius 1 is 1.09 bits per heavy atom. The summed E-state index contributed by atoms with van der Waals surface area (Å²) in [6.07, 6.45) is -1.15. The van der Waals surface area contributed by atoms with Crippen LogP contribution in [0.2, 0.25) is 0 Å². The summed E-state index contributed by atoms with van der Waals surface area (Å²) >= 11 is 0. The second-order valence-electron chi connectivity index (χ2n) is 10.6. The lowest BCUT2D eigenvalue weighted by molar-refractivity contribution is -0.138. The van der Waals surface area contributed by atoms with E-state index in [1.165, 1.54) is 4.90 Å². The minimum Gasteiger partial charge on any atom is -0.388 e. The highest BCUT2D eigenvalue weighted by Gasteiger charge is 2.52. The number of aliphatic hydroxyl groups is 1. The molecule has 3 fully saturated rings. The molecule has 1 aromatic carbocycles. The normalized spacial score (nSPS) is 25.9. The van der Waals surface area contributed by atoms with Crippen LogP contribution in [0.25, 0.3) is 0 Å². The summed E-state index contributed by atoms with van der Waals surface area (Å²) in [5.74, 6) is -0.739. The molecule has 0 aromatic heterocycles. The van der Waals surface area contributed by atoms with Gasteiger partial charge in [-0.05, 0) is 50.5 Å². The summed E-state index contributed by atoms with van der Waals surface area (Å²) < 4.78 is 5.38. The van der Waals surface area contributed by atoms with Crippen molar-refractivity contribution in [2.75, 3.05) is 44.2 Å². The van der Waals surface area contributed by atoms with Crippen LogP contribution in [0.4, 0.5) is 5.69 Å². The average molecular weight is 487 g/mol. The van der Waals surface area contributed by atoms with Crippen LogP contribution in [0.5, 0.6) is 0 Å². The Balaban J connectivity index is 1.41. The van der Waals surface area contributed by atoms with Crippen LogP contribution in [0, 0.1) is 5.92 Å². The second-order valence-corrected chi connectivity index (χ2v) is 10.6. The predicted octanol–water partition coefficient (Wildman–Crippen LogP) is 0.901. The largest absolute Gasteiger partial charge is 0.388 e. The van der Waals surface area contributed by atoms with Crippen LogP contribution < -0.4 is 10.2 Å². The van der Waals surface area contributed by atoms with Gasteiger partial charge in [0.05, 0.1) is 6.54 Å². The molecule has 0 radical (unpaired) electrons. The molecule has 4 rings (SSSR count). The zero-order valence-electron chi connectivity index (χ0n) is 21.1. The number of fused-ring (bicyclic) bond motifs is 1. The summed E-state index contributed by atoms with van der Waals surface area (Å²) in [5, 5.41) is 13.2. The molecular formula is C26H38N4O5. The molecular weight excluding hydrogens is 448 g/mol. The number of carbonyl (C=O) groups excluding carboxylic acids is 3. The highest BCUT2D eigenvalue weighted by atomic mass is 16.5. The molecule has 9 heteroatoms. The first-order valence-corrected chi connectivity index (χ1v) is 12.7. The molecule has 0 unspecified atom stereocenters. The molecule has 1 aromatic rings. The molecule has 0 aliphatic carbocycles. The van der Waals surface area contributed by atoms with Gasteiger partial charge in [0.25, 0.3) is 5.91 Å². The summed E-state index contributed by atoms with van der Waals surface area (Å²) in [4.78, 5) is 44.9. The van der Waals surface area contributed by atoms with Crippen molar-refractivity contribution in [3.63, 3.8) is 0 Å². The number of rotatable bonds is 7. The number of nitrogens with one attached hydrogen (secondary N) is 1. The van der Waals surface area contributed by atoms with E-state index >= 15 is 0 Å². The quantitative estimate of drug-likeness (QED) is 0.590.